The summed E-state index contributed by atoms with van der Waals surface area (Å²) in [5.74, 6) is -1.25. The second kappa shape index (κ2) is 12.3. The average molecular weight is 537 g/mol. The maximum atomic E-state index is 14.2. The molecule has 7 heteroatoms. The van der Waals surface area contributed by atoms with Crippen LogP contribution in [0.4, 0.5) is 11.4 Å². The van der Waals surface area contributed by atoms with Crippen LogP contribution in [0.5, 0.6) is 5.75 Å². The van der Waals surface area contributed by atoms with Crippen LogP contribution in [0.2, 0.25) is 0 Å². The van der Waals surface area contributed by atoms with E-state index < -0.39 is 17.8 Å². The minimum atomic E-state index is -0.613. The Balaban J connectivity index is 1.60. The topological polar surface area (TPSA) is 74.6 Å². The number of para-hydroxylation sites is 2. The van der Waals surface area contributed by atoms with E-state index in [9.17, 15) is 9.59 Å². The molecule has 0 saturated heterocycles. The number of nitrogens with zero attached hydrogens (tertiary/aromatic N) is 4. The molecule has 3 aromatic carbocycles. The van der Waals surface area contributed by atoms with Crippen molar-refractivity contribution in [3.05, 3.63) is 90.5 Å². The second-order valence-electron chi connectivity index (χ2n) is 10.1. The lowest BCUT2D eigenvalue weighted by Crippen LogP contribution is -2.40. The number of unbranched alkanes of at least 4 members (excludes halogenated alkanes) is 1. The molecule has 0 aromatic heterocycles. The van der Waals surface area contributed by atoms with Gasteiger partial charge in [0.1, 0.15) is 5.75 Å². The molecule has 2 heterocycles. The maximum absolute atomic E-state index is 14.2. The Morgan fingerprint density at radius 2 is 1.25 bits per heavy atom. The zero-order chi connectivity index (χ0) is 28.1. The van der Waals surface area contributed by atoms with E-state index in [1.807, 2.05) is 98.8 Å². The van der Waals surface area contributed by atoms with Crippen molar-refractivity contribution >= 4 is 34.6 Å². The molecule has 0 radical (unpaired) electrons. The molecule has 2 unspecified atom stereocenters. The van der Waals surface area contributed by atoms with Gasteiger partial charge in [-0.25, -0.2) is 10.0 Å². The van der Waals surface area contributed by atoms with Gasteiger partial charge in [-0.2, -0.15) is 10.2 Å². The summed E-state index contributed by atoms with van der Waals surface area (Å²) in [4.78, 5) is 28.4. The number of benzene rings is 3. The van der Waals surface area contributed by atoms with Gasteiger partial charge in [0.15, 0.2) is 0 Å². The molecular formula is C33H36N4O3. The maximum Gasteiger partial charge on any atom is 0.256 e. The summed E-state index contributed by atoms with van der Waals surface area (Å²) in [6.45, 7) is 6.76. The molecule has 7 nitrogen and oxygen atoms in total. The van der Waals surface area contributed by atoms with E-state index in [2.05, 4.69) is 6.92 Å². The lowest BCUT2D eigenvalue weighted by Gasteiger charge is -2.29. The highest BCUT2D eigenvalue weighted by Gasteiger charge is 2.51. The van der Waals surface area contributed by atoms with Crippen LogP contribution in [0, 0.1) is 11.8 Å². The molecule has 2 aliphatic rings. The highest BCUT2D eigenvalue weighted by molar-refractivity contribution is 6.20. The molecule has 206 valence electrons. The minimum Gasteiger partial charge on any atom is -0.494 e. The van der Waals surface area contributed by atoms with Crippen LogP contribution in [-0.2, 0) is 9.59 Å². The number of hydrazone groups is 2. The lowest BCUT2D eigenvalue weighted by molar-refractivity contribution is -0.122. The Kier molecular flexibility index (Phi) is 8.39. The van der Waals surface area contributed by atoms with Crippen LogP contribution >= 0.6 is 0 Å². The summed E-state index contributed by atoms with van der Waals surface area (Å²) in [6.07, 6.45) is 3.16. The van der Waals surface area contributed by atoms with Crippen LogP contribution in [0.1, 0.15) is 57.9 Å². The SMILES string of the molecule is CCCCOc1cccc(C(C2C(=O)N(c3ccccc3)N=C2CC)C2C(=O)N(c3ccccc3)N=C2CC)c1. The van der Waals surface area contributed by atoms with Gasteiger partial charge in [0, 0.05) is 5.92 Å². The molecule has 0 spiro atoms. The number of hydrogen-bond acceptors (Lipinski definition) is 5. The predicted octanol–water partition coefficient (Wildman–Crippen LogP) is 6.81. The predicted molar refractivity (Wildman–Crippen MR) is 160 cm³/mol. The molecule has 5 rings (SSSR count). The highest BCUT2D eigenvalue weighted by Crippen LogP contribution is 2.44. The number of amides is 2. The number of anilines is 2. The van der Waals surface area contributed by atoms with Gasteiger partial charge < -0.3 is 4.74 Å². The third-order valence-corrected chi connectivity index (χ3v) is 7.58. The molecule has 0 saturated carbocycles. The van der Waals surface area contributed by atoms with Crippen molar-refractivity contribution in [2.75, 3.05) is 16.6 Å². The van der Waals surface area contributed by atoms with Gasteiger partial charge in [-0.1, -0.05) is 75.7 Å². The van der Waals surface area contributed by atoms with Crippen molar-refractivity contribution in [1.82, 2.24) is 0 Å². The van der Waals surface area contributed by atoms with Gasteiger partial charge in [0.05, 0.1) is 41.2 Å². The van der Waals surface area contributed by atoms with Gasteiger partial charge in [-0.05, 0) is 61.2 Å². The van der Waals surface area contributed by atoms with E-state index in [0.717, 1.165) is 35.6 Å². The van der Waals surface area contributed by atoms with Gasteiger partial charge in [-0.15, -0.1) is 0 Å². The van der Waals surface area contributed by atoms with E-state index >= 15 is 0 Å². The first-order valence-electron chi connectivity index (χ1n) is 14.2. The quantitative estimate of drug-likeness (QED) is 0.253. The monoisotopic (exact) mass is 536 g/mol. The van der Waals surface area contributed by atoms with Crippen molar-refractivity contribution in [2.45, 2.75) is 52.4 Å². The van der Waals surface area contributed by atoms with E-state index in [-0.39, 0.29) is 11.8 Å². The second-order valence-corrected chi connectivity index (χ2v) is 10.1. The Bertz CT molecular complexity index is 1320. The summed E-state index contributed by atoms with van der Waals surface area (Å²) < 4.78 is 6.05. The van der Waals surface area contributed by atoms with Crippen molar-refractivity contribution in [3.8, 4) is 5.75 Å². The first kappa shape index (κ1) is 27.3. The largest absolute Gasteiger partial charge is 0.494 e. The number of rotatable bonds is 11. The number of hydrogen-bond donors (Lipinski definition) is 0. The van der Waals surface area contributed by atoms with Crippen molar-refractivity contribution in [3.63, 3.8) is 0 Å². The average Bonchev–Trinajstić information content (AvgIpc) is 3.51. The third kappa shape index (κ3) is 5.28. The van der Waals surface area contributed by atoms with Gasteiger partial charge in [-0.3, -0.25) is 9.59 Å². The molecule has 2 atom stereocenters. The fourth-order valence-electron chi connectivity index (χ4n) is 5.56. The van der Waals surface area contributed by atoms with E-state index in [1.165, 1.54) is 10.0 Å². The van der Waals surface area contributed by atoms with E-state index in [0.29, 0.717) is 30.8 Å². The molecule has 3 aromatic rings. The lowest BCUT2D eigenvalue weighted by atomic mass is 9.71. The van der Waals surface area contributed by atoms with Crippen LogP contribution in [0.15, 0.2) is 95.1 Å². The van der Waals surface area contributed by atoms with Crippen LogP contribution in [0.3, 0.4) is 0 Å². The fourth-order valence-corrected chi connectivity index (χ4v) is 5.56. The van der Waals surface area contributed by atoms with Crippen LogP contribution in [-0.4, -0.2) is 29.8 Å². The molecule has 40 heavy (non-hydrogen) atoms. The van der Waals surface area contributed by atoms with Gasteiger partial charge in [0.2, 0.25) is 0 Å². The summed E-state index contributed by atoms with van der Waals surface area (Å²) in [7, 11) is 0. The van der Waals surface area contributed by atoms with Gasteiger partial charge in [0.25, 0.3) is 11.8 Å². The van der Waals surface area contributed by atoms with Gasteiger partial charge >= 0.3 is 0 Å². The number of ether oxygens (including phenoxy) is 1. The number of carbonyl (C=O) groups is 2. The molecule has 0 bridgehead atoms. The minimum absolute atomic E-state index is 0.133. The van der Waals surface area contributed by atoms with Crippen molar-refractivity contribution in [1.29, 1.82) is 0 Å². The standard InChI is InChI=1S/C33H36N4O3/c1-4-7-21-40-26-20-14-15-23(22-26)29(30-27(5-2)34-36(32(30)38)24-16-10-8-11-17-24)31-28(6-3)35-37(33(31)39)25-18-12-9-13-19-25/h8-20,22,29-31H,4-7,21H2,1-3H3. The van der Waals surface area contributed by atoms with Crippen molar-refractivity contribution in [2.24, 2.45) is 22.0 Å². The summed E-state index contributed by atoms with van der Waals surface area (Å²) in [5.41, 5.74) is 3.82. The molecule has 0 N–H and O–H groups in total. The first-order chi connectivity index (χ1) is 19.6. The van der Waals surface area contributed by atoms with Crippen LogP contribution < -0.4 is 14.8 Å². The molecule has 0 aliphatic carbocycles. The fraction of sp³-hybridized carbons (Fsp3) is 0.333. The molecular weight excluding hydrogens is 500 g/mol. The molecule has 2 aliphatic heterocycles. The molecule has 0 fully saturated rings. The zero-order valence-electron chi connectivity index (χ0n) is 23.4. The Morgan fingerprint density at radius 3 is 1.73 bits per heavy atom. The Hall–Kier alpha value is -4.26. The highest BCUT2D eigenvalue weighted by atomic mass is 16.5. The normalized spacial score (nSPS) is 19.6. The smallest absolute Gasteiger partial charge is 0.256 e. The van der Waals surface area contributed by atoms with Crippen LogP contribution in [0.25, 0.3) is 0 Å². The van der Waals surface area contributed by atoms with E-state index in [1.54, 1.807) is 0 Å². The Labute approximate surface area is 236 Å². The zero-order valence-corrected chi connectivity index (χ0v) is 23.4. The molecule has 2 amide bonds. The first-order valence-corrected chi connectivity index (χ1v) is 14.2. The Morgan fingerprint density at radius 1 is 0.725 bits per heavy atom. The van der Waals surface area contributed by atoms with Crippen molar-refractivity contribution < 1.29 is 14.3 Å². The summed E-state index contributed by atoms with van der Waals surface area (Å²) in [6, 6.07) is 26.8. The third-order valence-electron chi connectivity index (χ3n) is 7.58. The van der Waals surface area contributed by atoms with E-state index in [4.69, 9.17) is 14.9 Å². The number of carbonyl (C=O) groups excluding carboxylic acids is 2. The summed E-state index contributed by atoms with van der Waals surface area (Å²) >= 11 is 0. The summed E-state index contributed by atoms with van der Waals surface area (Å²) in [5, 5.41) is 12.6.